The molecule has 144 valence electrons. The molecule has 7 heteroatoms. The van der Waals surface area contributed by atoms with E-state index in [2.05, 4.69) is 25.7 Å². The molecule has 1 N–H and O–H groups in total. The summed E-state index contributed by atoms with van der Waals surface area (Å²) in [4.78, 5) is 18.0. The number of nitrogens with zero attached hydrogens (tertiary/aromatic N) is 4. The number of pyridine rings is 1. The van der Waals surface area contributed by atoms with Gasteiger partial charge in [-0.3, -0.25) is 0 Å². The summed E-state index contributed by atoms with van der Waals surface area (Å²) in [7, 11) is 0. The van der Waals surface area contributed by atoms with Gasteiger partial charge in [0.05, 0.1) is 16.8 Å². The van der Waals surface area contributed by atoms with Gasteiger partial charge in [-0.05, 0) is 49.5 Å². The summed E-state index contributed by atoms with van der Waals surface area (Å²) < 4.78 is 1.10. The number of thiophene rings is 1. The Balaban J connectivity index is 2.07. The lowest BCUT2D eigenvalue weighted by Gasteiger charge is -2.21. The SMILES string of the molecule is CCN(CCO)c1nc(SC)nc2c1sc1nc(C(C)C)c3c(c12)CCC3. The van der Waals surface area contributed by atoms with Crippen molar-refractivity contribution < 1.29 is 5.11 Å². The van der Waals surface area contributed by atoms with Gasteiger partial charge in [-0.15, -0.1) is 11.3 Å². The van der Waals surface area contributed by atoms with Crippen LogP contribution in [0.2, 0.25) is 0 Å². The minimum absolute atomic E-state index is 0.115. The van der Waals surface area contributed by atoms with E-state index in [1.807, 2.05) is 6.26 Å². The van der Waals surface area contributed by atoms with Gasteiger partial charge in [0.2, 0.25) is 0 Å². The topological polar surface area (TPSA) is 62.1 Å². The molecule has 3 aromatic rings. The Kier molecular flexibility index (Phi) is 5.27. The lowest BCUT2D eigenvalue weighted by molar-refractivity contribution is 0.302. The summed E-state index contributed by atoms with van der Waals surface area (Å²) >= 11 is 3.28. The van der Waals surface area contributed by atoms with Crippen molar-refractivity contribution in [3.05, 3.63) is 16.8 Å². The second-order valence-electron chi connectivity index (χ2n) is 7.26. The summed E-state index contributed by atoms with van der Waals surface area (Å²) in [6.45, 7) is 8.06. The molecule has 0 unspecified atom stereocenters. The van der Waals surface area contributed by atoms with Crippen LogP contribution in [0, 0.1) is 0 Å². The summed E-state index contributed by atoms with van der Waals surface area (Å²) in [5.41, 5.74) is 5.20. The van der Waals surface area contributed by atoms with Crippen molar-refractivity contribution in [2.75, 3.05) is 30.9 Å². The number of hydrogen-bond acceptors (Lipinski definition) is 7. The number of aryl methyl sites for hydroxylation is 1. The third-order valence-corrected chi connectivity index (χ3v) is 6.92. The summed E-state index contributed by atoms with van der Waals surface area (Å²) in [6, 6.07) is 0. The number of hydrogen-bond donors (Lipinski definition) is 1. The van der Waals surface area contributed by atoms with E-state index in [4.69, 9.17) is 15.0 Å². The van der Waals surface area contributed by atoms with E-state index in [1.165, 1.54) is 28.6 Å². The van der Waals surface area contributed by atoms with Crippen LogP contribution in [-0.4, -0.2) is 46.0 Å². The van der Waals surface area contributed by atoms with Crippen LogP contribution in [0.15, 0.2) is 5.16 Å². The van der Waals surface area contributed by atoms with Crippen molar-refractivity contribution in [1.29, 1.82) is 0 Å². The highest BCUT2D eigenvalue weighted by atomic mass is 32.2. The molecule has 0 amide bonds. The third-order valence-electron chi connectivity index (χ3n) is 5.31. The number of rotatable bonds is 6. The van der Waals surface area contributed by atoms with Crippen LogP contribution in [-0.2, 0) is 12.8 Å². The highest BCUT2D eigenvalue weighted by Crippen LogP contribution is 2.43. The first-order valence-electron chi connectivity index (χ1n) is 9.64. The molecule has 4 rings (SSSR count). The maximum atomic E-state index is 9.49. The molecule has 3 heterocycles. The first kappa shape index (κ1) is 18.9. The van der Waals surface area contributed by atoms with Gasteiger partial charge in [0.15, 0.2) is 11.0 Å². The van der Waals surface area contributed by atoms with Gasteiger partial charge in [-0.25, -0.2) is 15.0 Å². The van der Waals surface area contributed by atoms with Crippen LogP contribution in [0.5, 0.6) is 0 Å². The van der Waals surface area contributed by atoms with Gasteiger partial charge in [0.1, 0.15) is 4.83 Å². The van der Waals surface area contributed by atoms with Crippen LogP contribution in [0.25, 0.3) is 20.4 Å². The van der Waals surface area contributed by atoms with Crippen molar-refractivity contribution in [2.45, 2.75) is 51.1 Å². The number of aromatic nitrogens is 3. The van der Waals surface area contributed by atoms with Gasteiger partial charge < -0.3 is 10.0 Å². The lowest BCUT2D eigenvalue weighted by Crippen LogP contribution is -2.27. The number of fused-ring (bicyclic) bond motifs is 5. The highest BCUT2D eigenvalue weighted by Gasteiger charge is 2.26. The minimum atomic E-state index is 0.115. The highest BCUT2D eigenvalue weighted by molar-refractivity contribution is 7.98. The first-order valence-corrected chi connectivity index (χ1v) is 11.7. The molecule has 0 saturated carbocycles. The Morgan fingerprint density at radius 2 is 1.96 bits per heavy atom. The molecule has 0 radical (unpaired) electrons. The van der Waals surface area contributed by atoms with Gasteiger partial charge in [-0.2, -0.15) is 0 Å². The Bertz CT molecular complexity index is 999. The molecule has 0 atom stereocenters. The van der Waals surface area contributed by atoms with Crippen molar-refractivity contribution in [2.24, 2.45) is 0 Å². The zero-order chi connectivity index (χ0) is 19.1. The number of anilines is 1. The van der Waals surface area contributed by atoms with E-state index >= 15 is 0 Å². The van der Waals surface area contributed by atoms with Crippen molar-refractivity contribution >= 4 is 49.3 Å². The molecule has 0 spiro atoms. The van der Waals surface area contributed by atoms with Gasteiger partial charge in [0, 0.05) is 24.2 Å². The van der Waals surface area contributed by atoms with Crippen molar-refractivity contribution in [3.8, 4) is 0 Å². The summed E-state index contributed by atoms with van der Waals surface area (Å²) in [5, 5.41) is 11.5. The zero-order valence-electron chi connectivity index (χ0n) is 16.4. The Morgan fingerprint density at radius 3 is 2.63 bits per heavy atom. The quantitative estimate of drug-likeness (QED) is 0.487. The van der Waals surface area contributed by atoms with Crippen LogP contribution in [0.3, 0.4) is 0 Å². The van der Waals surface area contributed by atoms with Crippen LogP contribution < -0.4 is 4.90 Å². The number of aliphatic hydroxyl groups excluding tert-OH is 1. The number of aliphatic hydroxyl groups is 1. The Labute approximate surface area is 168 Å². The van der Waals surface area contributed by atoms with Crippen LogP contribution in [0.1, 0.15) is 49.9 Å². The largest absolute Gasteiger partial charge is 0.395 e. The molecule has 0 bridgehead atoms. The van der Waals surface area contributed by atoms with E-state index in [1.54, 1.807) is 23.1 Å². The maximum absolute atomic E-state index is 9.49. The van der Waals surface area contributed by atoms with E-state index in [0.717, 1.165) is 45.4 Å². The molecule has 5 nitrogen and oxygen atoms in total. The number of likely N-dealkylation sites (N-methyl/N-ethyl adjacent to an activating group) is 1. The predicted molar refractivity (Wildman–Crippen MR) is 116 cm³/mol. The fourth-order valence-electron chi connectivity index (χ4n) is 4.08. The Morgan fingerprint density at radius 1 is 1.19 bits per heavy atom. The average Bonchev–Trinajstić information content (AvgIpc) is 3.28. The smallest absolute Gasteiger partial charge is 0.189 e. The molecule has 1 aliphatic carbocycles. The molecular weight excluding hydrogens is 376 g/mol. The van der Waals surface area contributed by atoms with Gasteiger partial charge in [-0.1, -0.05) is 25.6 Å². The molecule has 3 aromatic heterocycles. The van der Waals surface area contributed by atoms with E-state index in [0.29, 0.717) is 12.5 Å². The van der Waals surface area contributed by atoms with Gasteiger partial charge in [0.25, 0.3) is 0 Å². The standard InChI is InChI=1S/C20H26N4OS2/c1-5-24(9-10-25)18-17-16(22-20(23-18)26-4)14-12-7-6-8-13(12)15(11(2)3)21-19(14)27-17/h11,25H,5-10H2,1-4H3. The zero-order valence-corrected chi connectivity index (χ0v) is 18.0. The number of thioether (sulfide) groups is 1. The fourth-order valence-corrected chi connectivity index (χ4v) is 5.61. The second-order valence-corrected chi connectivity index (χ2v) is 9.03. The summed E-state index contributed by atoms with van der Waals surface area (Å²) in [5.74, 6) is 1.36. The second kappa shape index (κ2) is 7.53. The van der Waals surface area contributed by atoms with Crippen LogP contribution >= 0.6 is 23.1 Å². The van der Waals surface area contributed by atoms with Gasteiger partial charge >= 0.3 is 0 Å². The third kappa shape index (κ3) is 3.09. The predicted octanol–water partition coefficient (Wildman–Crippen LogP) is 4.39. The molecule has 1 aliphatic rings. The molecule has 0 saturated heterocycles. The summed E-state index contributed by atoms with van der Waals surface area (Å²) in [6.07, 6.45) is 5.46. The average molecular weight is 403 g/mol. The fraction of sp³-hybridized carbons (Fsp3) is 0.550. The first-order chi connectivity index (χ1) is 13.1. The minimum Gasteiger partial charge on any atom is -0.395 e. The maximum Gasteiger partial charge on any atom is 0.189 e. The van der Waals surface area contributed by atoms with Crippen molar-refractivity contribution in [3.63, 3.8) is 0 Å². The van der Waals surface area contributed by atoms with E-state index in [-0.39, 0.29) is 6.61 Å². The lowest BCUT2D eigenvalue weighted by atomic mass is 9.99. The Hall–Kier alpha value is -1.44. The molecule has 0 aliphatic heterocycles. The van der Waals surface area contributed by atoms with E-state index in [9.17, 15) is 5.11 Å². The molecule has 0 fully saturated rings. The molecular formula is C20H26N4OS2. The van der Waals surface area contributed by atoms with Crippen LogP contribution in [0.4, 0.5) is 5.82 Å². The van der Waals surface area contributed by atoms with Crippen molar-refractivity contribution in [1.82, 2.24) is 15.0 Å². The molecule has 0 aromatic carbocycles. The molecule has 27 heavy (non-hydrogen) atoms. The monoisotopic (exact) mass is 402 g/mol. The van der Waals surface area contributed by atoms with E-state index < -0.39 is 0 Å². The normalized spacial score (nSPS) is 13.9.